The molecular weight excluding hydrogens is 495 g/mol. The highest BCUT2D eigenvalue weighted by Crippen LogP contribution is 2.33. The van der Waals surface area contributed by atoms with Crippen molar-refractivity contribution in [1.29, 1.82) is 0 Å². The van der Waals surface area contributed by atoms with Crippen molar-refractivity contribution >= 4 is 56.0 Å². The van der Waals surface area contributed by atoms with Gasteiger partial charge >= 0.3 is 12.0 Å². The molecule has 0 fully saturated rings. The fraction of sp³-hybridized carbons (Fsp3) is 0.227. The molecule has 0 atom stereocenters. The number of rotatable bonds is 6. The van der Waals surface area contributed by atoms with E-state index in [-0.39, 0.29) is 35.4 Å². The summed E-state index contributed by atoms with van der Waals surface area (Å²) in [5.41, 5.74) is -0.183. The number of likely N-dealkylation sites (N-methyl/N-ethyl adjacent to an activating group) is 1. The summed E-state index contributed by atoms with van der Waals surface area (Å²) in [5.74, 6) is -0.992. The standard InChI is InChI=1S/C22H18F3N3O4S.ClH/c1-27(2)9-10-28(19(29)15-11-13-5-3-4-6-17(13)31-20(15)30)21-26-16-8-7-14(12-18(16)33-21)32-22(23,24)25;/h3-8,11-12H,9-10H2,1-2H3;1H. The second-order valence-electron chi connectivity index (χ2n) is 7.42. The van der Waals surface area contributed by atoms with Gasteiger partial charge in [0.15, 0.2) is 5.13 Å². The molecule has 0 aliphatic rings. The number of carbonyl (C=O) groups is 1. The van der Waals surface area contributed by atoms with Crippen LogP contribution in [0.5, 0.6) is 5.75 Å². The van der Waals surface area contributed by atoms with E-state index in [9.17, 15) is 22.8 Å². The topological polar surface area (TPSA) is 75.9 Å². The van der Waals surface area contributed by atoms with E-state index < -0.39 is 17.9 Å². The van der Waals surface area contributed by atoms with Gasteiger partial charge in [0.2, 0.25) is 0 Å². The normalized spacial score (nSPS) is 11.6. The van der Waals surface area contributed by atoms with E-state index >= 15 is 0 Å². The molecule has 34 heavy (non-hydrogen) atoms. The van der Waals surface area contributed by atoms with E-state index in [4.69, 9.17) is 4.42 Å². The molecule has 0 bridgehead atoms. The Labute approximate surface area is 201 Å². The number of anilines is 1. The average Bonchev–Trinajstić information content (AvgIpc) is 3.14. The number of thiazole rings is 1. The summed E-state index contributed by atoms with van der Waals surface area (Å²) in [6.07, 6.45) is -4.82. The van der Waals surface area contributed by atoms with Crippen molar-refractivity contribution in [2.45, 2.75) is 6.36 Å². The van der Waals surface area contributed by atoms with Crippen LogP contribution in [0.4, 0.5) is 18.3 Å². The first-order valence-electron chi connectivity index (χ1n) is 9.76. The molecule has 0 aliphatic carbocycles. The number of alkyl halides is 3. The van der Waals surface area contributed by atoms with Gasteiger partial charge in [0.05, 0.1) is 10.2 Å². The quantitative estimate of drug-likeness (QED) is 0.340. The van der Waals surface area contributed by atoms with Crippen LogP contribution in [0, 0.1) is 0 Å². The lowest BCUT2D eigenvalue weighted by molar-refractivity contribution is -0.274. The first-order valence-corrected chi connectivity index (χ1v) is 10.6. The number of nitrogens with zero attached hydrogens (tertiary/aromatic N) is 3. The Morgan fingerprint density at radius 2 is 1.85 bits per heavy atom. The maximum Gasteiger partial charge on any atom is 0.573 e. The Kier molecular flexibility index (Phi) is 7.49. The van der Waals surface area contributed by atoms with E-state index in [1.54, 1.807) is 24.3 Å². The zero-order valence-corrected chi connectivity index (χ0v) is 19.6. The summed E-state index contributed by atoms with van der Waals surface area (Å²) in [4.78, 5) is 33.5. The number of aromatic nitrogens is 1. The third-order valence-electron chi connectivity index (χ3n) is 4.70. The zero-order chi connectivity index (χ0) is 23.8. The Balaban J connectivity index is 0.00000324. The van der Waals surface area contributed by atoms with Gasteiger partial charge in [0.1, 0.15) is 16.9 Å². The lowest BCUT2D eigenvalue weighted by atomic mass is 10.1. The molecule has 0 aliphatic heterocycles. The third kappa shape index (κ3) is 5.66. The summed E-state index contributed by atoms with van der Waals surface area (Å²) >= 11 is 1.03. The smallest absolute Gasteiger partial charge is 0.422 e. The monoisotopic (exact) mass is 513 g/mol. The fourth-order valence-electron chi connectivity index (χ4n) is 3.15. The molecule has 180 valence electrons. The van der Waals surface area contributed by atoms with E-state index in [0.717, 1.165) is 17.4 Å². The zero-order valence-electron chi connectivity index (χ0n) is 18.0. The number of benzene rings is 2. The Hall–Kier alpha value is -3.15. The van der Waals surface area contributed by atoms with Gasteiger partial charge in [-0.05, 0) is 38.4 Å². The maximum atomic E-state index is 13.4. The lowest BCUT2D eigenvalue weighted by Crippen LogP contribution is -2.38. The van der Waals surface area contributed by atoms with Crippen LogP contribution in [-0.2, 0) is 0 Å². The van der Waals surface area contributed by atoms with Gasteiger partial charge in [0, 0.05) is 24.5 Å². The number of carbonyl (C=O) groups excluding carboxylic acids is 1. The molecule has 4 aromatic rings. The fourth-order valence-corrected chi connectivity index (χ4v) is 4.16. The molecule has 0 spiro atoms. The van der Waals surface area contributed by atoms with Crippen molar-refractivity contribution in [1.82, 2.24) is 9.88 Å². The lowest BCUT2D eigenvalue weighted by Gasteiger charge is -2.21. The molecule has 0 N–H and O–H groups in total. The first kappa shape index (κ1) is 25.5. The highest BCUT2D eigenvalue weighted by Gasteiger charge is 2.31. The molecule has 12 heteroatoms. The molecular formula is C22H19ClF3N3O4S. The predicted octanol–water partition coefficient (Wildman–Crippen LogP) is 4.93. The van der Waals surface area contributed by atoms with E-state index in [2.05, 4.69) is 9.72 Å². The minimum Gasteiger partial charge on any atom is -0.422 e. The summed E-state index contributed by atoms with van der Waals surface area (Å²) in [7, 11) is 3.65. The largest absolute Gasteiger partial charge is 0.573 e. The molecule has 2 aromatic heterocycles. The van der Waals surface area contributed by atoms with Gasteiger partial charge in [-0.3, -0.25) is 9.69 Å². The number of amides is 1. The number of hydrogen-bond donors (Lipinski definition) is 0. The van der Waals surface area contributed by atoms with Crippen LogP contribution < -0.4 is 15.3 Å². The number of halogens is 4. The third-order valence-corrected chi connectivity index (χ3v) is 5.74. The molecule has 0 radical (unpaired) electrons. The van der Waals surface area contributed by atoms with Gasteiger partial charge in [-0.1, -0.05) is 29.5 Å². The minimum absolute atomic E-state index is 0. The first-order chi connectivity index (χ1) is 15.6. The van der Waals surface area contributed by atoms with E-state index in [0.29, 0.717) is 27.7 Å². The van der Waals surface area contributed by atoms with Crippen LogP contribution in [-0.4, -0.2) is 49.3 Å². The van der Waals surface area contributed by atoms with Crippen LogP contribution in [0.3, 0.4) is 0 Å². The van der Waals surface area contributed by atoms with E-state index in [1.807, 2.05) is 19.0 Å². The summed E-state index contributed by atoms with van der Waals surface area (Å²) in [5, 5.41) is 0.833. The van der Waals surface area contributed by atoms with Crippen LogP contribution in [0.25, 0.3) is 21.2 Å². The molecule has 0 unspecified atom stereocenters. The number of hydrogen-bond acceptors (Lipinski definition) is 7. The van der Waals surface area contributed by atoms with E-state index in [1.165, 1.54) is 23.1 Å². The summed E-state index contributed by atoms with van der Waals surface area (Å²) in [6, 6.07) is 12.0. The van der Waals surface area contributed by atoms with Gasteiger partial charge in [0.25, 0.3) is 5.91 Å². The Bertz CT molecular complexity index is 1390. The second-order valence-corrected chi connectivity index (χ2v) is 8.43. The number of para-hydroxylation sites is 1. The van der Waals surface area contributed by atoms with Crippen LogP contribution in [0.15, 0.2) is 57.7 Å². The summed E-state index contributed by atoms with van der Waals surface area (Å²) in [6.45, 7) is 0.660. The van der Waals surface area contributed by atoms with Gasteiger partial charge in [-0.25, -0.2) is 9.78 Å². The molecule has 4 rings (SSSR count). The van der Waals surface area contributed by atoms with Gasteiger partial charge in [-0.15, -0.1) is 25.6 Å². The second kappa shape index (κ2) is 10.00. The molecule has 2 heterocycles. The molecule has 0 saturated heterocycles. The number of ether oxygens (including phenoxy) is 1. The van der Waals surface area contributed by atoms with Gasteiger partial charge in [-0.2, -0.15) is 0 Å². The van der Waals surface area contributed by atoms with Crippen molar-refractivity contribution in [3.63, 3.8) is 0 Å². The van der Waals surface area contributed by atoms with Crippen molar-refractivity contribution in [2.24, 2.45) is 0 Å². The van der Waals surface area contributed by atoms with Crippen molar-refractivity contribution in [3.8, 4) is 5.75 Å². The molecule has 0 saturated carbocycles. The SMILES string of the molecule is CN(C)CCN(C(=O)c1cc2ccccc2oc1=O)c1nc2ccc(OC(F)(F)F)cc2s1.Cl. The maximum absolute atomic E-state index is 13.4. The van der Waals surface area contributed by atoms with Crippen LogP contribution in [0.2, 0.25) is 0 Å². The Morgan fingerprint density at radius 1 is 1.12 bits per heavy atom. The van der Waals surface area contributed by atoms with Crippen LogP contribution >= 0.6 is 23.7 Å². The van der Waals surface area contributed by atoms with Crippen molar-refractivity contribution in [2.75, 3.05) is 32.1 Å². The van der Waals surface area contributed by atoms with Crippen molar-refractivity contribution in [3.05, 3.63) is 64.5 Å². The number of fused-ring (bicyclic) bond motifs is 2. The highest BCUT2D eigenvalue weighted by atomic mass is 35.5. The van der Waals surface area contributed by atoms with Crippen molar-refractivity contribution < 1.29 is 27.1 Å². The van der Waals surface area contributed by atoms with Crippen LogP contribution in [0.1, 0.15) is 10.4 Å². The average molecular weight is 514 g/mol. The Morgan fingerprint density at radius 3 is 2.56 bits per heavy atom. The highest BCUT2D eigenvalue weighted by molar-refractivity contribution is 7.22. The van der Waals surface area contributed by atoms with Gasteiger partial charge < -0.3 is 14.1 Å². The predicted molar refractivity (Wildman–Crippen MR) is 126 cm³/mol. The molecule has 7 nitrogen and oxygen atoms in total. The molecule has 1 amide bonds. The summed E-state index contributed by atoms with van der Waals surface area (Å²) < 4.78 is 47.4. The molecule has 2 aromatic carbocycles. The minimum atomic E-state index is -4.82.